The summed E-state index contributed by atoms with van der Waals surface area (Å²) in [5.74, 6) is 0.207. The van der Waals surface area contributed by atoms with E-state index < -0.39 is 22.0 Å². The zero-order valence-electron chi connectivity index (χ0n) is 16.4. The first-order valence-corrected chi connectivity index (χ1v) is 11.2. The summed E-state index contributed by atoms with van der Waals surface area (Å²) >= 11 is 6.02. The topological polar surface area (TPSA) is 75.7 Å². The molecule has 2 rings (SSSR count). The van der Waals surface area contributed by atoms with Crippen LogP contribution in [0.2, 0.25) is 5.02 Å². The number of rotatable bonds is 8. The van der Waals surface area contributed by atoms with Gasteiger partial charge in [0, 0.05) is 10.7 Å². The number of hydrogen-bond donors (Lipinski definition) is 1. The summed E-state index contributed by atoms with van der Waals surface area (Å²) in [4.78, 5) is 13.0. The lowest BCUT2D eigenvalue weighted by molar-refractivity contribution is -0.117. The Morgan fingerprint density at radius 1 is 1.18 bits per heavy atom. The van der Waals surface area contributed by atoms with E-state index in [4.69, 9.17) is 16.3 Å². The third-order valence-corrected chi connectivity index (χ3v) is 5.60. The first-order valence-electron chi connectivity index (χ1n) is 8.96. The predicted octanol–water partition coefficient (Wildman–Crippen LogP) is 4.23. The summed E-state index contributed by atoms with van der Waals surface area (Å²) in [5.41, 5.74) is 1.78. The highest BCUT2D eigenvalue weighted by molar-refractivity contribution is 7.92. The lowest BCUT2D eigenvalue weighted by Crippen LogP contribution is -2.47. The molecule has 1 N–H and O–H groups in total. The maximum absolute atomic E-state index is 13.0. The Kier molecular flexibility index (Phi) is 7.32. The molecule has 1 atom stereocenters. The molecule has 0 spiro atoms. The van der Waals surface area contributed by atoms with Crippen LogP contribution < -0.4 is 14.4 Å². The molecule has 6 nitrogen and oxygen atoms in total. The molecular weight excluding hydrogens is 400 g/mol. The molecule has 8 heteroatoms. The molecule has 0 saturated carbocycles. The standard InChI is InChI=1S/C20H25ClN2O4S/c1-5-19(20(24)22-18-13-15(21)8-7-14(18)3)23(28(4,25)26)16-9-11-17(12-10-16)27-6-2/h7-13,19H,5-6H2,1-4H3,(H,22,24)/t19-/m0/s1. The molecule has 2 aromatic rings. The van der Waals surface area contributed by atoms with Crippen LogP contribution in [0.25, 0.3) is 0 Å². The maximum atomic E-state index is 13.0. The van der Waals surface area contributed by atoms with E-state index in [1.165, 1.54) is 0 Å². The summed E-state index contributed by atoms with van der Waals surface area (Å²) < 4.78 is 31.6. The lowest BCUT2D eigenvalue weighted by atomic mass is 10.1. The average Bonchev–Trinajstić information content (AvgIpc) is 2.62. The Hall–Kier alpha value is -2.25. The van der Waals surface area contributed by atoms with Gasteiger partial charge in [-0.3, -0.25) is 9.10 Å². The zero-order valence-corrected chi connectivity index (χ0v) is 18.0. The van der Waals surface area contributed by atoms with Crippen molar-refractivity contribution in [1.29, 1.82) is 0 Å². The zero-order chi connectivity index (χ0) is 20.9. The van der Waals surface area contributed by atoms with E-state index in [-0.39, 0.29) is 0 Å². The van der Waals surface area contributed by atoms with Crippen LogP contribution in [0.1, 0.15) is 25.8 Å². The first-order chi connectivity index (χ1) is 13.2. The second kappa shape index (κ2) is 9.30. The van der Waals surface area contributed by atoms with Gasteiger partial charge >= 0.3 is 0 Å². The molecule has 0 radical (unpaired) electrons. The molecule has 0 aliphatic rings. The Morgan fingerprint density at radius 2 is 1.82 bits per heavy atom. The minimum Gasteiger partial charge on any atom is -0.494 e. The van der Waals surface area contributed by atoms with Crippen LogP contribution >= 0.6 is 11.6 Å². The molecule has 0 aliphatic carbocycles. The second-order valence-corrected chi connectivity index (χ2v) is 8.65. The van der Waals surface area contributed by atoms with Crippen molar-refractivity contribution in [3.05, 3.63) is 53.1 Å². The number of nitrogens with one attached hydrogen (secondary N) is 1. The predicted molar refractivity (Wildman–Crippen MR) is 114 cm³/mol. The SMILES string of the molecule is CCOc1ccc(N([C@@H](CC)C(=O)Nc2cc(Cl)ccc2C)S(C)(=O)=O)cc1. The van der Waals surface area contributed by atoms with Gasteiger partial charge in [-0.05, 0) is 62.2 Å². The average molecular weight is 425 g/mol. The summed E-state index contributed by atoms with van der Waals surface area (Å²) in [5, 5.41) is 3.29. The van der Waals surface area contributed by atoms with E-state index in [0.29, 0.717) is 35.2 Å². The van der Waals surface area contributed by atoms with Gasteiger partial charge in [-0.2, -0.15) is 0 Å². The van der Waals surface area contributed by atoms with Crippen molar-refractivity contribution in [2.75, 3.05) is 22.5 Å². The monoisotopic (exact) mass is 424 g/mol. The number of carbonyl (C=O) groups is 1. The van der Waals surface area contributed by atoms with Crippen LogP contribution in [0.15, 0.2) is 42.5 Å². The van der Waals surface area contributed by atoms with Gasteiger partial charge in [0.15, 0.2) is 0 Å². The quantitative estimate of drug-likeness (QED) is 0.688. The molecule has 2 aromatic carbocycles. The maximum Gasteiger partial charge on any atom is 0.248 e. The van der Waals surface area contributed by atoms with E-state index in [1.807, 2.05) is 13.8 Å². The van der Waals surface area contributed by atoms with Crippen molar-refractivity contribution in [3.8, 4) is 5.75 Å². The van der Waals surface area contributed by atoms with Crippen LogP contribution in [-0.4, -0.2) is 33.2 Å². The molecule has 0 saturated heterocycles. The minimum absolute atomic E-state index is 0.297. The molecule has 0 heterocycles. The normalized spacial score (nSPS) is 12.3. The molecule has 0 bridgehead atoms. The van der Waals surface area contributed by atoms with E-state index in [9.17, 15) is 13.2 Å². The third-order valence-electron chi connectivity index (χ3n) is 4.19. The van der Waals surface area contributed by atoms with Gasteiger partial charge in [0.05, 0.1) is 18.6 Å². The van der Waals surface area contributed by atoms with Crippen LogP contribution in [0.3, 0.4) is 0 Å². The summed E-state index contributed by atoms with van der Waals surface area (Å²) in [7, 11) is -3.70. The number of aryl methyl sites for hydroxylation is 1. The number of ether oxygens (including phenoxy) is 1. The van der Waals surface area contributed by atoms with Gasteiger partial charge in [0.25, 0.3) is 0 Å². The van der Waals surface area contributed by atoms with Crippen LogP contribution in [0.4, 0.5) is 11.4 Å². The van der Waals surface area contributed by atoms with Crippen molar-refractivity contribution in [3.63, 3.8) is 0 Å². The number of benzene rings is 2. The first kappa shape index (κ1) is 22.0. The summed E-state index contributed by atoms with van der Waals surface area (Å²) in [6.45, 7) is 5.98. The van der Waals surface area contributed by atoms with E-state index in [2.05, 4.69) is 5.32 Å². The Balaban J connectivity index is 2.37. The van der Waals surface area contributed by atoms with Gasteiger partial charge in [-0.1, -0.05) is 24.6 Å². The van der Waals surface area contributed by atoms with Crippen molar-refractivity contribution in [1.82, 2.24) is 0 Å². The molecule has 0 fully saturated rings. The fourth-order valence-electron chi connectivity index (χ4n) is 2.86. The van der Waals surface area contributed by atoms with E-state index in [1.54, 1.807) is 49.4 Å². The van der Waals surface area contributed by atoms with Crippen LogP contribution in [0.5, 0.6) is 5.75 Å². The van der Waals surface area contributed by atoms with E-state index >= 15 is 0 Å². The molecule has 1 amide bonds. The number of halogens is 1. The molecule has 28 heavy (non-hydrogen) atoms. The summed E-state index contributed by atoms with van der Waals surface area (Å²) in [6, 6.07) is 10.9. The van der Waals surface area contributed by atoms with Crippen molar-refractivity contribution in [2.24, 2.45) is 0 Å². The smallest absolute Gasteiger partial charge is 0.248 e. The van der Waals surface area contributed by atoms with Crippen molar-refractivity contribution < 1.29 is 17.9 Å². The highest BCUT2D eigenvalue weighted by Crippen LogP contribution is 2.27. The number of amides is 1. The molecule has 152 valence electrons. The number of sulfonamides is 1. The van der Waals surface area contributed by atoms with Crippen LogP contribution in [0, 0.1) is 6.92 Å². The minimum atomic E-state index is -3.70. The second-order valence-electron chi connectivity index (χ2n) is 6.36. The third kappa shape index (κ3) is 5.39. The largest absolute Gasteiger partial charge is 0.494 e. The molecule has 0 aromatic heterocycles. The lowest BCUT2D eigenvalue weighted by Gasteiger charge is -2.30. The van der Waals surface area contributed by atoms with E-state index in [0.717, 1.165) is 16.1 Å². The van der Waals surface area contributed by atoms with Gasteiger partial charge in [-0.15, -0.1) is 0 Å². The molecule has 0 aliphatic heterocycles. The van der Waals surface area contributed by atoms with Gasteiger partial charge < -0.3 is 10.1 Å². The van der Waals surface area contributed by atoms with Gasteiger partial charge in [0.2, 0.25) is 15.9 Å². The van der Waals surface area contributed by atoms with Crippen LogP contribution in [-0.2, 0) is 14.8 Å². The number of carbonyl (C=O) groups excluding carboxylic acids is 1. The van der Waals surface area contributed by atoms with Crippen molar-refractivity contribution in [2.45, 2.75) is 33.2 Å². The number of hydrogen-bond acceptors (Lipinski definition) is 4. The highest BCUT2D eigenvalue weighted by atomic mass is 35.5. The van der Waals surface area contributed by atoms with Crippen molar-refractivity contribution >= 4 is 38.9 Å². The Labute approximate surface area is 171 Å². The fourth-order valence-corrected chi connectivity index (χ4v) is 4.24. The Morgan fingerprint density at radius 3 is 2.36 bits per heavy atom. The van der Waals surface area contributed by atoms with Gasteiger partial charge in [-0.25, -0.2) is 8.42 Å². The number of nitrogens with zero attached hydrogens (tertiary/aromatic N) is 1. The molecule has 0 unspecified atom stereocenters. The Bertz CT molecular complexity index is 930. The highest BCUT2D eigenvalue weighted by Gasteiger charge is 2.31. The van der Waals surface area contributed by atoms with Gasteiger partial charge in [0.1, 0.15) is 11.8 Å². The summed E-state index contributed by atoms with van der Waals surface area (Å²) in [6.07, 6.45) is 1.38. The molecular formula is C20H25ClN2O4S. The fraction of sp³-hybridized carbons (Fsp3) is 0.350. The number of anilines is 2.